The molecule has 1 aliphatic heterocycles. The Labute approximate surface area is 196 Å². The molecule has 0 saturated carbocycles. The van der Waals surface area contributed by atoms with Crippen LogP contribution in [0.2, 0.25) is 0 Å². The van der Waals surface area contributed by atoms with Crippen LogP contribution in [0.4, 0.5) is 5.00 Å². The molecule has 6 heteroatoms. The van der Waals surface area contributed by atoms with Crippen LogP contribution >= 0.6 is 11.3 Å². The lowest BCUT2D eigenvalue weighted by molar-refractivity contribution is 0.0725. The van der Waals surface area contributed by atoms with Gasteiger partial charge in [-0.05, 0) is 51.2 Å². The fourth-order valence-corrected chi connectivity index (χ4v) is 4.99. The van der Waals surface area contributed by atoms with E-state index in [1.807, 2.05) is 56.1 Å². The van der Waals surface area contributed by atoms with Crippen LogP contribution in [0.3, 0.4) is 0 Å². The maximum absolute atomic E-state index is 13.5. The number of allylic oxidation sites excluding steroid dienone is 6. The van der Waals surface area contributed by atoms with Crippen molar-refractivity contribution < 1.29 is 9.59 Å². The van der Waals surface area contributed by atoms with Crippen LogP contribution in [0.1, 0.15) is 64.3 Å². The maximum Gasteiger partial charge on any atom is 0.257 e. The number of likely N-dealkylation sites (tertiary alicyclic amines) is 1. The number of carbonyl (C=O) groups is 2. The Kier molecular flexibility index (Phi) is 8.29. The third kappa shape index (κ3) is 5.49. The number of hydrogen-bond donors (Lipinski definition) is 1. The van der Waals surface area contributed by atoms with Crippen LogP contribution in [-0.2, 0) is 0 Å². The predicted molar refractivity (Wildman–Crippen MR) is 136 cm³/mol. The van der Waals surface area contributed by atoms with Crippen molar-refractivity contribution in [2.45, 2.75) is 40.0 Å². The van der Waals surface area contributed by atoms with Crippen molar-refractivity contribution in [3.8, 4) is 0 Å². The molecule has 1 aromatic carbocycles. The SMILES string of the molecule is [B]c1ccc(C(=O)Nc2sc(C(/C=C\C)=C/C=C\C)c(C)c2C(=O)N2CCCCC2)cc1. The summed E-state index contributed by atoms with van der Waals surface area (Å²) in [5, 5.41) is 3.59. The summed E-state index contributed by atoms with van der Waals surface area (Å²) >= 11 is 1.45. The zero-order valence-electron chi connectivity index (χ0n) is 19.0. The van der Waals surface area contributed by atoms with Crippen LogP contribution in [0.25, 0.3) is 5.57 Å². The molecule has 0 aliphatic carbocycles. The molecule has 164 valence electrons. The van der Waals surface area contributed by atoms with E-state index >= 15 is 0 Å². The summed E-state index contributed by atoms with van der Waals surface area (Å²) in [4.78, 5) is 29.4. The van der Waals surface area contributed by atoms with Crippen LogP contribution < -0.4 is 10.8 Å². The predicted octanol–water partition coefficient (Wildman–Crippen LogP) is 5.26. The summed E-state index contributed by atoms with van der Waals surface area (Å²) in [6.07, 6.45) is 13.2. The lowest BCUT2D eigenvalue weighted by Crippen LogP contribution is -2.36. The minimum absolute atomic E-state index is 0.0110. The number of piperidine rings is 1. The number of carbonyl (C=O) groups excluding carboxylic acids is 2. The topological polar surface area (TPSA) is 49.4 Å². The average Bonchev–Trinajstić information content (AvgIpc) is 3.12. The van der Waals surface area contributed by atoms with Gasteiger partial charge in [0.25, 0.3) is 11.8 Å². The van der Waals surface area contributed by atoms with Gasteiger partial charge in [0.2, 0.25) is 0 Å². The number of nitrogens with zero attached hydrogens (tertiary/aromatic N) is 1. The van der Waals surface area contributed by atoms with Crippen molar-refractivity contribution in [3.05, 3.63) is 76.2 Å². The Morgan fingerprint density at radius 2 is 1.75 bits per heavy atom. The van der Waals surface area contributed by atoms with E-state index < -0.39 is 0 Å². The summed E-state index contributed by atoms with van der Waals surface area (Å²) in [7, 11) is 5.75. The third-order valence-corrected chi connectivity index (χ3v) is 6.74. The van der Waals surface area contributed by atoms with Gasteiger partial charge in [-0.3, -0.25) is 9.59 Å². The molecule has 0 unspecified atom stereocenters. The van der Waals surface area contributed by atoms with Crippen molar-refractivity contribution in [1.82, 2.24) is 4.90 Å². The summed E-state index contributed by atoms with van der Waals surface area (Å²) in [5.74, 6) is -0.265. The maximum atomic E-state index is 13.5. The highest BCUT2D eigenvalue weighted by Crippen LogP contribution is 2.39. The Bertz CT molecular complexity index is 1060. The summed E-state index contributed by atoms with van der Waals surface area (Å²) in [6, 6.07) is 6.78. The Balaban J connectivity index is 2.05. The second kappa shape index (κ2) is 11.1. The molecule has 32 heavy (non-hydrogen) atoms. The lowest BCUT2D eigenvalue weighted by atomic mass is 9.95. The second-order valence-corrected chi connectivity index (χ2v) is 8.86. The number of thiophene rings is 1. The van der Waals surface area contributed by atoms with Gasteiger partial charge in [0.1, 0.15) is 12.8 Å². The second-order valence-electron chi connectivity index (χ2n) is 7.84. The lowest BCUT2D eigenvalue weighted by Gasteiger charge is -2.27. The zero-order chi connectivity index (χ0) is 23.1. The van der Waals surface area contributed by atoms with E-state index in [-0.39, 0.29) is 11.8 Å². The minimum Gasteiger partial charge on any atom is -0.339 e. The fourth-order valence-electron chi connectivity index (χ4n) is 3.79. The normalized spacial score (nSPS) is 15.0. The molecule has 0 bridgehead atoms. The van der Waals surface area contributed by atoms with E-state index in [1.165, 1.54) is 11.3 Å². The van der Waals surface area contributed by atoms with E-state index in [0.29, 0.717) is 21.6 Å². The molecule has 2 aromatic rings. The van der Waals surface area contributed by atoms with E-state index in [4.69, 9.17) is 7.85 Å². The fraction of sp³-hybridized carbons (Fsp3) is 0.308. The van der Waals surface area contributed by atoms with E-state index in [2.05, 4.69) is 5.32 Å². The number of nitrogens with one attached hydrogen (secondary N) is 1. The molecular weight excluding hydrogens is 415 g/mol. The highest BCUT2D eigenvalue weighted by Gasteiger charge is 2.28. The minimum atomic E-state index is -0.254. The highest BCUT2D eigenvalue weighted by atomic mass is 32.1. The van der Waals surface area contributed by atoms with Gasteiger partial charge < -0.3 is 10.2 Å². The molecule has 2 radical (unpaired) electrons. The number of anilines is 1. The van der Waals surface area contributed by atoms with Gasteiger partial charge in [-0.1, -0.05) is 60.1 Å². The van der Waals surface area contributed by atoms with Crippen molar-refractivity contribution in [2.24, 2.45) is 0 Å². The van der Waals surface area contributed by atoms with Gasteiger partial charge in [-0.15, -0.1) is 11.3 Å². The standard InChI is InChI=1S/C26H29BN2O2S/c1-4-6-11-19(10-5-2)23-18(3)22(26(31)29-16-8-7-9-17-29)25(32-23)28-24(30)20-12-14-21(27)15-13-20/h4-6,10-15H,7-9,16-17H2,1-3H3,(H,28,30)/b6-4-,10-5-,19-11+. The van der Waals surface area contributed by atoms with Crippen molar-refractivity contribution in [1.29, 1.82) is 0 Å². The van der Waals surface area contributed by atoms with Gasteiger partial charge in [-0.25, -0.2) is 0 Å². The Hall–Kier alpha value is -2.86. The van der Waals surface area contributed by atoms with Gasteiger partial charge in [0, 0.05) is 23.5 Å². The quantitative estimate of drug-likeness (QED) is 0.488. The molecule has 2 amide bonds. The molecule has 1 aliphatic rings. The molecule has 1 aromatic heterocycles. The van der Waals surface area contributed by atoms with Crippen molar-refractivity contribution in [3.63, 3.8) is 0 Å². The molecule has 2 heterocycles. The first-order valence-corrected chi connectivity index (χ1v) is 11.8. The molecular formula is C26H29BN2O2S. The Morgan fingerprint density at radius 1 is 1.06 bits per heavy atom. The van der Waals surface area contributed by atoms with Gasteiger partial charge in [0.05, 0.1) is 5.56 Å². The molecule has 3 rings (SSSR count). The molecule has 1 saturated heterocycles. The molecule has 1 fully saturated rings. The smallest absolute Gasteiger partial charge is 0.257 e. The first kappa shape index (κ1) is 23.8. The Morgan fingerprint density at radius 3 is 2.38 bits per heavy atom. The van der Waals surface area contributed by atoms with Crippen LogP contribution in [-0.4, -0.2) is 37.7 Å². The largest absolute Gasteiger partial charge is 0.339 e. The summed E-state index contributed by atoms with van der Waals surface area (Å²) in [5.41, 5.74) is 3.59. The van der Waals surface area contributed by atoms with Crippen LogP contribution in [0.15, 0.2) is 54.6 Å². The van der Waals surface area contributed by atoms with Crippen LogP contribution in [0, 0.1) is 6.92 Å². The third-order valence-electron chi connectivity index (χ3n) is 5.48. The average molecular weight is 444 g/mol. The van der Waals surface area contributed by atoms with Crippen molar-refractivity contribution >= 4 is 47.0 Å². The summed E-state index contributed by atoms with van der Waals surface area (Å²) in [6.45, 7) is 7.41. The van der Waals surface area contributed by atoms with E-state index in [1.54, 1.807) is 24.3 Å². The highest BCUT2D eigenvalue weighted by molar-refractivity contribution is 7.18. The van der Waals surface area contributed by atoms with Crippen molar-refractivity contribution in [2.75, 3.05) is 18.4 Å². The van der Waals surface area contributed by atoms with Gasteiger partial charge in [0.15, 0.2) is 0 Å². The summed E-state index contributed by atoms with van der Waals surface area (Å²) < 4.78 is 0. The number of rotatable bonds is 6. The van der Waals surface area contributed by atoms with Crippen LogP contribution in [0.5, 0.6) is 0 Å². The molecule has 0 atom stereocenters. The number of hydrogen-bond acceptors (Lipinski definition) is 3. The monoisotopic (exact) mass is 444 g/mol. The molecule has 0 spiro atoms. The number of benzene rings is 1. The van der Waals surface area contributed by atoms with E-state index in [0.717, 1.165) is 48.4 Å². The first-order valence-electron chi connectivity index (χ1n) is 11.0. The van der Waals surface area contributed by atoms with Gasteiger partial charge in [-0.2, -0.15) is 0 Å². The van der Waals surface area contributed by atoms with E-state index in [9.17, 15) is 9.59 Å². The number of amides is 2. The molecule has 4 nitrogen and oxygen atoms in total. The first-order chi connectivity index (χ1) is 15.5. The zero-order valence-corrected chi connectivity index (χ0v) is 19.8. The molecule has 1 N–H and O–H groups in total. The van der Waals surface area contributed by atoms with Gasteiger partial charge >= 0.3 is 0 Å².